The second-order valence-corrected chi connectivity index (χ2v) is 7.63. The monoisotopic (exact) mass is 392 g/mol. The number of nitrogens with one attached hydrogen (secondary N) is 3. The number of hydrogen-bond donors (Lipinski definition) is 3. The zero-order valence-corrected chi connectivity index (χ0v) is 16.8. The molecule has 3 aromatic rings. The molecule has 4 rings (SSSR count). The topological polar surface area (TPSA) is 79.0 Å². The Hall–Kier alpha value is -3.02. The molecule has 152 valence electrons. The van der Waals surface area contributed by atoms with Gasteiger partial charge in [0.05, 0.1) is 12.2 Å². The van der Waals surface area contributed by atoms with Gasteiger partial charge in [0, 0.05) is 36.4 Å². The van der Waals surface area contributed by atoms with Crippen LogP contribution in [0.25, 0.3) is 10.9 Å². The number of fused-ring (bicyclic) bond motifs is 1. The lowest BCUT2D eigenvalue weighted by atomic mass is 10.1. The molecule has 0 saturated heterocycles. The van der Waals surface area contributed by atoms with E-state index in [9.17, 15) is 4.79 Å². The van der Waals surface area contributed by atoms with Crippen molar-refractivity contribution < 1.29 is 9.53 Å². The van der Waals surface area contributed by atoms with Crippen LogP contribution in [-0.4, -0.2) is 35.6 Å². The van der Waals surface area contributed by atoms with Crippen LogP contribution in [0.5, 0.6) is 5.75 Å². The highest BCUT2D eigenvalue weighted by atomic mass is 16.5. The van der Waals surface area contributed by atoms with E-state index in [4.69, 9.17) is 4.74 Å². The van der Waals surface area contributed by atoms with E-state index in [1.165, 1.54) is 18.4 Å². The summed E-state index contributed by atoms with van der Waals surface area (Å²) >= 11 is 0. The van der Waals surface area contributed by atoms with Crippen LogP contribution in [-0.2, 0) is 6.42 Å². The van der Waals surface area contributed by atoms with E-state index < -0.39 is 0 Å². The van der Waals surface area contributed by atoms with E-state index in [-0.39, 0.29) is 5.91 Å². The van der Waals surface area contributed by atoms with Crippen molar-refractivity contribution in [2.75, 3.05) is 25.0 Å². The van der Waals surface area contributed by atoms with Crippen LogP contribution in [0.2, 0.25) is 0 Å². The van der Waals surface area contributed by atoms with Gasteiger partial charge in [-0.15, -0.1) is 0 Å². The van der Waals surface area contributed by atoms with Crippen molar-refractivity contribution in [2.45, 2.75) is 32.6 Å². The predicted molar refractivity (Wildman–Crippen MR) is 116 cm³/mol. The molecule has 3 N–H and O–H groups in total. The summed E-state index contributed by atoms with van der Waals surface area (Å²) in [6.45, 7) is 4.34. The number of nitrogens with zero attached hydrogens (tertiary/aromatic N) is 1. The number of rotatable bonds is 10. The lowest BCUT2D eigenvalue weighted by molar-refractivity contribution is 0.0954. The highest BCUT2D eigenvalue weighted by molar-refractivity contribution is 5.94. The first kappa shape index (κ1) is 19.3. The molecule has 0 bridgehead atoms. The minimum absolute atomic E-state index is 0.0990. The number of aromatic amines is 1. The van der Waals surface area contributed by atoms with Crippen LogP contribution in [0.15, 0.2) is 42.7 Å². The molecule has 6 nitrogen and oxygen atoms in total. The number of hydrogen-bond acceptors (Lipinski definition) is 4. The summed E-state index contributed by atoms with van der Waals surface area (Å²) in [5.41, 5.74) is 2.82. The van der Waals surface area contributed by atoms with Gasteiger partial charge in [-0.05, 0) is 67.5 Å². The molecule has 1 saturated carbocycles. The van der Waals surface area contributed by atoms with Gasteiger partial charge >= 0.3 is 0 Å². The summed E-state index contributed by atoms with van der Waals surface area (Å²) in [4.78, 5) is 20.0. The fraction of sp³-hybridized carbons (Fsp3) is 0.391. The molecule has 2 heterocycles. The maximum atomic E-state index is 12.4. The van der Waals surface area contributed by atoms with Crippen LogP contribution in [0.3, 0.4) is 0 Å². The maximum absolute atomic E-state index is 12.4. The van der Waals surface area contributed by atoms with Crippen molar-refractivity contribution in [1.82, 2.24) is 15.3 Å². The zero-order valence-electron chi connectivity index (χ0n) is 16.8. The molecule has 1 aliphatic carbocycles. The van der Waals surface area contributed by atoms with Gasteiger partial charge in [-0.3, -0.25) is 4.79 Å². The summed E-state index contributed by atoms with van der Waals surface area (Å²) < 4.78 is 5.74. The van der Waals surface area contributed by atoms with Crippen molar-refractivity contribution >= 4 is 22.6 Å². The summed E-state index contributed by atoms with van der Waals surface area (Å²) in [5.74, 6) is 2.40. The van der Waals surface area contributed by atoms with Gasteiger partial charge in [0.1, 0.15) is 11.6 Å². The highest BCUT2D eigenvalue weighted by Crippen LogP contribution is 2.28. The fourth-order valence-corrected chi connectivity index (χ4v) is 3.29. The predicted octanol–water partition coefficient (Wildman–Crippen LogP) is 4.15. The van der Waals surface area contributed by atoms with Gasteiger partial charge in [0.15, 0.2) is 0 Å². The summed E-state index contributed by atoms with van der Waals surface area (Å²) in [5, 5.41) is 7.44. The zero-order chi connectivity index (χ0) is 20.1. The lowest BCUT2D eigenvalue weighted by Gasteiger charge is -2.08. The number of aromatic nitrogens is 2. The molecule has 0 radical (unpaired) electrons. The number of pyridine rings is 1. The van der Waals surface area contributed by atoms with Gasteiger partial charge in [-0.1, -0.05) is 6.92 Å². The molecule has 6 heteroatoms. The summed E-state index contributed by atoms with van der Waals surface area (Å²) in [7, 11) is 0. The molecule has 1 fully saturated rings. The largest absolute Gasteiger partial charge is 0.494 e. The Balaban J connectivity index is 1.30. The molecule has 1 aliphatic rings. The third kappa shape index (κ3) is 5.08. The molecular weight excluding hydrogens is 364 g/mol. The number of carbonyl (C=O) groups is 1. The molecule has 1 amide bonds. The van der Waals surface area contributed by atoms with Crippen molar-refractivity contribution in [3.63, 3.8) is 0 Å². The fourth-order valence-electron chi connectivity index (χ4n) is 3.29. The van der Waals surface area contributed by atoms with E-state index in [1.807, 2.05) is 30.5 Å². The number of benzene rings is 1. The van der Waals surface area contributed by atoms with Crippen LogP contribution in [0.1, 0.15) is 42.1 Å². The second kappa shape index (κ2) is 8.99. The van der Waals surface area contributed by atoms with E-state index in [0.717, 1.165) is 47.8 Å². The third-order valence-electron chi connectivity index (χ3n) is 5.19. The molecule has 0 aliphatic heterocycles. The van der Waals surface area contributed by atoms with Gasteiger partial charge in [0.2, 0.25) is 0 Å². The Kier molecular flexibility index (Phi) is 5.98. The van der Waals surface area contributed by atoms with Gasteiger partial charge in [0.25, 0.3) is 5.91 Å². The van der Waals surface area contributed by atoms with Crippen LogP contribution in [0.4, 0.5) is 5.82 Å². The van der Waals surface area contributed by atoms with E-state index in [0.29, 0.717) is 18.7 Å². The van der Waals surface area contributed by atoms with Crippen LogP contribution < -0.4 is 15.4 Å². The van der Waals surface area contributed by atoms with Crippen molar-refractivity contribution in [3.05, 3.63) is 53.9 Å². The third-order valence-corrected chi connectivity index (χ3v) is 5.19. The first-order valence-corrected chi connectivity index (χ1v) is 10.4. The minimum atomic E-state index is -0.0990. The number of anilines is 1. The Bertz CT molecular complexity index is 961. The normalized spacial score (nSPS) is 13.4. The van der Waals surface area contributed by atoms with E-state index >= 15 is 0 Å². The molecule has 0 unspecified atom stereocenters. The summed E-state index contributed by atoms with van der Waals surface area (Å²) in [6.07, 6.45) is 7.97. The number of carbonyl (C=O) groups excluding carboxylic acids is 1. The molecule has 0 atom stereocenters. The van der Waals surface area contributed by atoms with Gasteiger partial charge < -0.3 is 20.4 Å². The average Bonchev–Trinajstić information content (AvgIpc) is 3.50. The van der Waals surface area contributed by atoms with Crippen molar-refractivity contribution in [1.29, 1.82) is 0 Å². The highest BCUT2D eigenvalue weighted by Gasteiger charge is 2.20. The van der Waals surface area contributed by atoms with Crippen LogP contribution >= 0.6 is 0 Å². The molecule has 0 spiro atoms. The smallest absolute Gasteiger partial charge is 0.252 e. The maximum Gasteiger partial charge on any atom is 0.252 e. The molecular formula is C23H28N4O2. The van der Waals surface area contributed by atoms with Gasteiger partial charge in [-0.2, -0.15) is 0 Å². The number of amides is 1. The first-order chi connectivity index (χ1) is 14.2. The van der Waals surface area contributed by atoms with Gasteiger partial charge in [-0.25, -0.2) is 4.98 Å². The average molecular weight is 393 g/mol. The van der Waals surface area contributed by atoms with E-state index in [1.54, 1.807) is 6.20 Å². The molecule has 29 heavy (non-hydrogen) atoms. The molecule has 2 aromatic heterocycles. The van der Waals surface area contributed by atoms with E-state index in [2.05, 4.69) is 33.6 Å². The first-order valence-electron chi connectivity index (χ1n) is 10.4. The minimum Gasteiger partial charge on any atom is -0.494 e. The number of H-pyrrole nitrogens is 1. The Morgan fingerprint density at radius 2 is 2.17 bits per heavy atom. The molecule has 1 aromatic carbocycles. The summed E-state index contributed by atoms with van der Waals surface area (Å²) in [6, 6.07) is 9.77. The lowest BCUT2D eigenvalue weighted by Crippen LogP contribution is -2.25. The Labute approximate surface area is 171 Å². The van der Waals surface area contributed by atoms with Crippen molar-refractivity contribution in [3.8, 4) is 5.75 Å². The number of ether oxygens (including phenoxy) is 1. The Morgan fingerprint density at radius 3 is 2.93 bits per heavy atom. The second-order valence-electron chi connectivity index (χ2n) is 7.63. The van der Waals surface area contributed by atoms with Crippen LogP contribution in [0, 0.1) is 5.92 Å². The SMILES string of the molecule is CCCOc1ccc2[nH]cc(CCNC(=O)c3ccc(NCC4CC4)nc3)c2c1. The quantitative estimate of drug-likeness (QED) is 0.484. The Morgan fingerprint density at radius 1 is 1.28 bits per heavy atom. The van der Waals surface area contributed by atoms with Crippen molar-refractivity contribution in [2.24, 2.45) is 5.92 Å². The standard InChI is InChI=1S/C23H28N4O2/c1-2-11-29-19-6-7-21-20(12-19)17(14-25-21)9-10-24-23(28)18-5-8-22(27-15-18)26-13-16-3-4-16/h5-8,12,14-16,25H,2-4,9-11,13H2,1H3,(H,24,28)(H,26,27).